The molecule has 4 rings (SSSR count). The van der Waals surface area contributed by atoms with Crippen LogP contribution in [0.25, 0.3) is 11.5 Å². The van der Waals surface area contributed by atoms with Gasteiger partial charge in [0.25, 0.3) is 5.89 Å². The highest BCUT2D eigenvalue weighted by molar-refractivity contribution is 5.94. The molecule has 1 aromatic heterocycles. The first kappa shape index (κ1) is 13.3. The van der Waals surface area contributed by atoms with Gasteiger partial charge in [-0.25, -0.2) is 4.79 Å². The summed E-state index contributed by atoms with van der Waals surface area (Å²) < 4.78 is 5.33. The number of carbonyl (C=O) groups excluding carboxylic acids is 1. The minimum Gasteiger partial charge on any atom is -0.336 e. The van der Waals surface area contributed by atoms with Gasteiger partial charge >= 0.3 is 6.03 Å². The van der Waals surface area contributed by atoms with Gasteiger partial charge in [0, 0.05) is 24.3 Å². The zero-order valence-electron chi connectivity index (χ0n) is 12.1. The second kappa shape index (κ2) is 4.81. The highest BCUT2D eigenvalue weighted by atomic mass is 16.5. The number of urea groups is 1. The monoisotopic (exact) mass is 299 g/mol. The SMILES string of the molecule is NC1(c2noc(-c3ccc(N4CCNC4=O)cc3)n2)CCC1. The number of nitrogens with two attached hydrogens (primary N) is 1. The van der Waals surface area contributed by atoms with Crippen LogP contribution in [0.4, 0.5) is 10.5 Å². The van der Waals surface area contributed by atoms with E-state index >= 15 is 0 Å². The summed E-state index contributed by atoms with van der Waals surface area (Å²) in [7, 11) is 0. The molecule has 2 amide bonds. The average Bonchev–Trinajstić information content (AvgIpc) is 3.14. The van der Waals surface area contributed by atoms with Gasteiger partial charge in [0.1, 0.15) is 0 Å². The first-order valence-electron chi connectivity index (χ1n) is 7.45. The summed E-state index contributed by atoms with van der Waals surface area (Å²) in [4.78, 5) is 17.8. The largest absolute Gasteiger partial charge is 0.336 e. The minimum absolute atomic E-state index is 0.0668. The summed E-state index contributed by atoms with van der Waals surface area (Å²) in [5, 5.41) is 6.79. The fraction of sp³-hybridized carbons (Fsp3) is 0.400. The van der Waals surface area contributed by atoms with E-state index in [9.17, 15) is 4.79 Å². The van der Waals surface area contributed by atoms with Gasteiger partial charge < -0.3 is 15.6 Å². The molecule has 0 radical (unpaired) electrons. The second-order valence-corrected chi connectivity index (χ2v) is 5.86. The molecule has 7 heteroatoms. The first-order valence-corrected chi connectivity index (χ1v) is 7.45. The van der Waals surface area contributed by atoms with Gasteiger partial charge in [-0.1, -0.05) is 5.16 Å². The zero-order chi connectivity index (χ0) is 15.2. The van der Waals surface area contributed by atoms with Crippen LogP contribution in [0.3, 0.4) is 0 Å². The lowest BCUT2D eigenvalue weighted by Crippen LogP contribution is -2.44. The van der Waals surface area contributed by atoms with Gasteiger partial charge in [-0.05, 0) is 43.5 Å². The maximum absolute atomic E-state index is 11.6. The van der Waals surface area contributed by atoms with Gasteiger partial charge in [-0.3, -0.25) is 4.90 Å². The highest BCUT2D eigenvalue weighted by Gasteiger charge is 2.39. The molecule has 22 heavy (non-hydrogen) atoms. The van der Waals surface area contributed by atoms with Crippen molar-refractivity contribution in [3.8, 4) is 11.5 Å². The maximum atomic E-state index is 11.6. The Morgan fingerprint density at radius 3 is 2.64 bits per heavy atom. The molecule has 0 spiro atoms. The molecule has 2 heterocycles. The van der Waals surface area contributed by atoms with Crippen LogP contribution in [-0.2, 0) is 5.54 Å². The molecule has 7 nitrogen and oxygen atoms in total. The second-order valence-electron chi connectivity index (χ2n) is 5.86. The molecule has 0 unspecified atom stereocenters. The summed E-state index contributed by atoms with van der Waals surface area (Å²) >= 11 is 0. The van der Waals surface area contributed by atoms with E-state index in [1.807, 2.05) is 24.3 Å². The molecule has 1 saturated carbocycles. The van der Waals surface area contributed by atoms with E-state index < -0.39 is 5.54 Å². The quantitative estimate of drug-likeness (QED) is 0.897. The van der Waals surface area contributed by atoms with Crippen LogP contribution < -0.4 is 16.0 Å². The van der Waals surface area contributed by atoms with Crippen molar-refractivity contribution in [1.29, 1.82) is 0 Å². The topological polar surface area (TPSA) is 97.3 Å². The van der Waals surface area contributed by atoms with E-state index in [4.69, 9.17) is 10.3 Å². The Kier molecular flexibility index (Phi) is 2.90. The normalized spacial score (nSPS) is 19.9. The fourth-order valence-electron chi connectivity index (χ4n) is 2.83. The molecule has 3 N–H and O–H groups in total. The summed E-state index contributed by atoms with van der Waals surface area (Å²) in [5.41, 5.74) is 7.46. The Morgan fingerprint density at radius 1 is 1.27 bits per heavy atom. The number of hydrogen-bond acceptors (Lipinski definition) is 5. The Balaban J connectivity index is 1.57. The van der Waals surface area contributed by atoms with Gasteiger partial charge in [0.05, 0.1) is 5.54 Å². The zero-order valence-corrected chi connectivity index (χ0v) is 12.1. The first-order chi connectivity index (χ1) is 10.7. The van der Waals surface area contributed by atoms with Crippen LogP contribution in [0.2, 0.25) is 0 Å². The van der Waals surface area contributed by atoms with Gasteiger partial charge in [0.15, 0.2) is 5.82 Å². The maximum Gasteiger partial charge on any atom is 0.321 e. The number of anilines is 1. The molecule has 1 aliphatic heterocycles. The van der Waals surface area contributed by atoms with Crippen molar-refractivity contribution in [3.05, 3.63) is 30.1 Å². The predicted molar refractivity (Wildman–Crippen MR) is 80.2 cm³/mol. The Labute approximate surface area is 127 Å². The summed E-state index contributed by atoms with van der Waals surface area (Å²) in [5.74, 6) is 1.04. The number of benzene rings is 1. The highest BCUT2D eigenvalue weighted by Crippen LogP contribution is 2.37. The number of carbonyl (C=O) groups is 1. The van der Waals surface area contributed by atoms with Gasteiger partial charge in [-0.15, -0.1) is 0 Å². The Morgan fingerprint density at radius 2 is 2.05 bits per heavy atom. The van der Waals surface area contributed by atoms with E-state index in [0.717, 1.165) is 30.5 Å². The summed E-state index contributed by atoms with van der Waals surface area (Å²) in [6, 6.07) is 7.45. The molecule has 2 aromatic rings. The lowest BCUT2D eigenvalue weighted by Gasteiger charge is -2.34. The lowest BCUT2D eigenvalue weighted by atomic mass is 9.77. The predicted octanol–water partition coefficient (Wildman–Crippen LogP) is 1.60. The number of nitrogens with one attached hydrogen (secondary N) is 1. The van der Waals surface area contributed by atoms with Crippen molar-refractivity contribution in [3.63, 3.8) is 0 Å². The van der Waals surface area contributed by atoms with Crippen molar-refractivity contribution in [1.82, 2.24) is 15.5 Å². The van der Waals surface area contributed by atoms with Crippen molar-refractivity contribution in [2.45, 2.75) is 24.8 Å². The van der Waals surface area contributed by atoms with Gasteiger partial charge in [0.2, 0.25) is 0 Å². The van der Waals surface area contributed by atoms with Crippen LogP contribution >= 0.6 is 0 Å². The van der Waals surface area contributed by atoms with E-state index in [1.165, 1.54) is 0 Å². The third-order valence-electron chi connectivity index (χ3n) is 4.40. The van der Waals surface area contributed by atoms with Crippen molar-refractivity contribution in [2.24, 2.45) is 5.73 Å². The standard InChI is InChI=1S/C15H17N5O2/c16-15(6-1-7-15)13-18-12(22-19-13)10-2-4-11(5-3-10)20-9-8-17-14(20)21/h2-5H,1,6-9,16H2,(H,17,21). The van der Waals surface area contributed by atoms with Gasteiger partial charge in [-0.2, -0.15) is 4.98 Å². The van der Waals surface area contributed by atoms with Crippen LogP contribution in [-0.4, -0.2) is 29.3 Å². The Bertz CT molecular complexity index is 705. The van der Waals surface area contributed by atoms with E-state index in [-0.39, 0.29) is 6.03 Å². The molecule has 114 valence electrons. The average molecular weight is 299 g/mol. The number of hydrogen-bond donors (Lipinski definition) is 2. The third-order valence-corrected chi connectivity index (χ3v) is 4.40. The smallest absolute Gasteiger partial charge is 0.321 e. The number of rotatable bonds is 3. The molecule has 2 fully saturated rings. The van der Waals surface area contributed by atoms with Crippen LogP contribution in [0, 0.1) is 0 Å². The third kappa shape index (κ3) is 2.05. The number of aromatic nitrogens is 2. The van der Waals surface area contributed by atoms with Crippen LogP contribution in [0.1, 0.15) is 25.1 Å². The fourth-order valence-corrected chi connectivity index (χ4v) is 2.83. The molecule has 2 aliphatic rings. The molecule has 1 aliphatic carbocycles. The van der Waals surface area contributed by atoms with E-state index in [2.05, 4.69) is 15.5 Å². The molecule has 0 atom stereocenters. The minimum atomic E-state index is -0.421. The van der Waals surface area contributed by atoms with Crippen LogP contribution in [0.15, 0.2) is 28.8 Å². The molecular formula is C15H17N5O2. The molecular weight excluding hydrogens is 282 g/mol. The number of amides is 2. The molecule has 0 bridgehead atoms. The Hall–Kier alpha value is -2.41. The van der Waals surface area contributed by atoms with Crippen LogP contribution in [0.5, 0.6) is 0 Å². The van der Waals surface area contributed by atoms with E-state index in [0.29, 0.717) is 24.8 Å². The lowest BCUT2D eigenvalue weighted by molar-refractivity contribution is 0.229. The van der Waals surface area contributed by atoms with Crippen molar-refractivity contribution >= 4 is 11.7 Å². The summed E-state index contributed by atoms with van der Waals surface area (Å²) in [6.45, 7) is 1.35. The summed E-state index contributed by atoms with van der Waals surface area (Å²) in [6.07, 6.45) is 2.90. The van der Waals surface area contributed by atoms with Crippen molar-refractivity contribution < 1.29 is 9.32 Å². The molecule has 1 saturated heterocycles. The van der Waals surface area contributed by atoms with E-state index in [1.54, 1.807) is 4.90 Å². The van der Waals surface area contributed by atoms with Crippen molar-refractivity contribution in [2.75, 3.05) is 18.0 Å². The molecule has 1 aromatic carbocycles. The number of nitrogens with zero attached hydrogens (tertiary/aromatic N) is 3.